The molecule has 154 valence electrons. The molecule has 1 aliphatic heterocycles. The van der Waals surface area contributed by atoms with Gasteiger partial charge in [-0.05, 0) is 6.42 Å². The molecule has 0 radical (unpaired) electrons. The van der Waals surface area contributed by atoms with Crippen LogP contribution in [0.1, 0.15) is 39.5 Å². The van der Waals surface area contributed by atoms with E-state index in [0.29, 0.717) is 12.0 Å². The summed E-state index contributed by atoms with van der Waals surface area (Å²) in [6.07, 6.45) is -2.90. The van der Waals surface area contributed by atoms with E-state index in [9.17, 15) is 24.0 Å². The molecule has 1 fully saturated rings. The summed E-state index contributed by atoms with van der Waals surface area (Å²) in [6.45, 7) is 4.93. The summed E-state index contributed by atoms with van der Waals surface area (Å²) < 4.78 is 22.2. The van der Waals surface area contributed by atoms with E-state index in [0.717, 1.165) is 18.4 Å². The van der Waals surface area contributed by atoms with E-state index in [4.69, 9.17) is 18.9 Å². The number of hydrogen-bond donors (Lipinski definition) is 1. The van der Waals surface area contributed by atoms with Gasteiger partial charge in [0.15, 0.2) is 18.4 Å². The van der Waals surface area contributed by atoms with E-state index in [1.54, 1.807) is 6.92 Å². The standard InChI is InChI=1S/C17H22N2O9/c1-5-11-6-19(17(24)18-15(11)23)16-14(27-10(4)22)13(26-9(3)21)12(28-16)7-25-8(2)20/h6,12-14,16H,5,7H2,1-4H3,(H,18,23,24)/t12-,13+,14-,16-/m1/s1. The fourth-order valence-electron chi connectivity index (χ4n) is 2.88. The van der Waals surface area contributed by atoms with Crippen molar-refractivity contribution in [3.05, 3.63) is 32.6 Å². The number of H-pyrrole nitrogens is 1. The molecular formula is C17H22N2O9. The zero-order valence-corrected chi connectivity index (χ0v) is 15.9. The minimum Gasteiger partial charge on any atom is -0.463 e. The Morgan fingerprint density at radius 3 is 2.21 bits per heavy atom. The minimum absolute atomic E-state index is 0.291. The van der Waals surface area contributed by atoms with Crippen LogP contribution in [0.2, 0.25) is 0 Å². The summed E-state index contributed by atoms with van der Waals surface area (Å²) in [7, 11) is 0. The lowest BCUT2D eigenvalue weighted by molar-refractivity contribution is -0.166. The first-order chi connectivity index (χ1) is 13.1. The third kappa shape index (κ3) is 4.85. The van der Waals surface area contributed by atoms with Gasteiger partial charge in [0.2, 0.25) is 0 Å². The third-order valence-electron chi connectivity index (χ3n) is 4.04. The van der Waals surface area contributed by atoms with Gasteiger partial charge in [-0.25, -0.2) is 4.79 Å². The number of nitrogens with zero attached hydrogens (tertiary/aromatic N) is 1. The van der Waals surface area contributed by atoms with E-state index < -0.39 is 53.7 Å². The minimum atomic E-state index is -1.21. The average molecular weight is 398 g/mol. The van der Waals surface area contributed by atoms with E-state index in [1.165, 1.54) is 13.1 Å². The maximum absolute atomic E-state index is 12.3. The smallest absolute Gasteiger partial charge is 0.330 e. The van der Waals surface area contributed by atoms with Gasteiger partial charge in [0.1, 0.15) is 12.7 Å². The van der Waals surface area contributed by atoms with Crippen LogP contribution in [0.4, 0.5) is 0 Å². The zero-order valence-electron chi connectivity index (χ0n) is 15.9. The molecule has 0 aliphatic carbocycles. The topological polar surface area (TPSA) is 143 Å². The van der Waals surface area contributed by atoms with Gasteiger partial charge in [-0.1, -0.05) is 6.92 Å². The quantitative estimate of drug-likeness (QED) is 0.492. The van der Waals surface area contributed by atoms with E-state index in [2.05, 4.69) is 4.98 Å². The van der Waals surface area contributed by atoms with Gasteiger partial charge in [-0.15, -0.1) is 0 Å². The molecule has 2 heterocycles. The van der Waals surface area contributed by atoms with E-state index >= 15 is 0 Å². The number of ether oxygens (including phenoxy) is 4. The second kappa shape index (κ2) is 8.83. The predicted octanol–water partition coefficient (Wildman–Crippen LogP) is -0.577. The highest BCUT2D eigenvalue weighted by molar-refractivity contribution is 5.68. The molecule has 0 aromatic carbocycles. The van der Waals surface area contributed by atoms with Crippen LogP contribution in [0.25, 0.3) is 0 Å². The fourth-order valence-corrected chi connectivity index (χ4v) is 2.88. The van der Waals surface area contributed by atoms with Crippen LogP contribution >= 0.6 is 0 Å². The van der Waals surface area contributed by atoms with Crippen molar-refractivity contribution < 1.29 is 33.3 Å². The first kappa shape index (κ1) is 21.4. The van der Waals surface area contributed by atoms with E-state index in [1.807, 2.05) is 0 Å². The van der Waals surface area contributed by atoms with Crippen molar-refractivity contribution >= 4 is 17.9 Å². The van der Waals surface area contributed by atoms with Gasteiger partial charge in [0.05, 0.1) is 0 Å². The number of nitrogens with one attached hydrogen (secondary N) is 1. The van der Waals surface area contributed by atoms with Crippen molar-refractivity contribution in [3.8, 4) is 0 Å². The van der Waals surface area contributed by atoms with Crippen LogP contribution in [0, 0.1) is 0 Å². The first-order valence-corrected chi connectivity index (χ1v) is 8.61. The van der Waals surface area contributed by atoms with Gasteiger partial charge in [-0.3, -0.25) is 28.7 Å². The van der Waals surface area contributed by atoms with Crippen molar-refractivity contribution in [2.75, 3.05) is 6.61 Å². The summed E-state index contributed by atoms with van der Waals surface area (Å²) >= 11 is 0. The summed E-state index contributed by atoms with van der Waals surface area (Å²) in [6, 6.07) is 0. The lowest BCUT2D eigenvalue weighted by atomic mass is 10.1. The molecule has 1 aliphatic rings. The van der Waals surface area contributed by atoms with Gasteiger partial charge < -0.3 is 18.9 Å². The fraction of sp³-hybridized carbons (Fsp3) is 0.588. The first-order valence-electron chi connectivity index (χ1n) is 8.61. The molecule has 0 saturated carbocycles. The maximum Gasteiger partial charge on any atom is 0.330 e. The Morgan fingerprint density at radius 2 is 1.68 bits per heavy atom. The van der Waals surface area contributed by atoms with Crippen LogP contribution in [-0.2, 0) is 39.8 Å². The molecule has 4 atom stereocenters. The monoisotopic (exact) mass is 398 g/mol. The second-order valence-corrected chi connectivity index (χ2v) is 6.19. The molecule has 0 unspecified atom stereocenters. The molecule has 0 spiro atoms. The molecule has 2 rings (SSSR count). The van der Waals surface area contributed by atoms with Crippen molar-refractivity contribution in [1.29, 1.82) is 0 Å². The Labute approximate surface area is 159 Å². The van der Waals surface area contributed by atoms with Crippen LogP contribution in [0.5, 0.6) is 0 Å². The molecule has 1 aromatic heterocycles. The lowest BCUT2D eigenvalue weighted by Crippen LogP contribution is -2.42. The summed E-state index contributed by atoms with van der Waals surface area (Å²) in [5.74, 6) is -1.97. The van der Waals surface area contributed by atoms with Gasteiger partial charge in [0.25, 0.3) is 5.56 Å². The summed E-state index contributed by atoms with van der Waals surface area (Å²) in [5, 5.41) is 0. The number of aryl methyl sites for hydroxylation is 1. The molecule has 1 N–H and O–H groups in total. The van der Waals surface area contributed by atoms with E-state index in [-0.39, 0.29) is 6.61 Å². The van der Waals surface area contributed by atoms with Gasteiger partial charge >= 0.3 is 23.6 Å². The normalized spacial score (nSPS) is 23.9. The maximum atomic E-state index is 12.3. The lowest BCUT2D eigenvalue weighted by Gasteiger charge is -2.24. The highest BCUT2D eigenvalue weighted by Gasteiger charge is 2.51. The Bertz CT molecular complexity index is 872. The number of aromatic nitrogens is 2. The Kier molecular flexibility index (Phi) is 6.73. The highest BCUT2D eigenvalue weighted by Crippen LogP contribution is 2.33. The highest BCUT2D eigenvalue weighted by atomic mass is 16.7. The SMILES string of the molecule is CCc1cn([C@@H]2O[C@H](COC(C)=O)[C@H](OC(C)=O)[C@H]2OC(C)=O)c(=O)[nH]c1=O. The summed E-state index contributed by atoms with van der Waals surface area (Å²) in [4.78, 5) is 60.6. The number of esters is 3. The number of rotatable bonds is 6. The van der Waals surface area contributed by atoms with Crippen molar-refractivity contribution in [2.24, 2.45) is 0 Å². The Balaban J connectivity index is 2.49. The predicted molar refractivity (Wildman–Crippen MR) is 92.4 cm³/mol. The molecule has 11 heteroatoms. The second-order valence-electron chi connectivity index (χ2n) is 6.19. The van der Waals surface area contributed by atoms with Gasteiger partial charge in [0, 0.05) is 32.5 Å². The zero-order chi connectivity index (χ0) is 21.0. The number of aromatic amines is 1. The van der Waals surface area contributed by atoms with Crippen molar-refractivity contribution in [1.82, 2.24) is 9.55 Å². The molecule has 28 heavy (non-hydrogen) atoms. The van der Waals surface area contributed by atoms with Crippen molar-refractivity contribution in [2.45, 2.75) is 58.7 Å². The third-order valence-corrected chi connectivity index (χ3v) is 4.04. The number of carbonyl (C=O) groups excluding carboxylic acids is 3. The molecule has 0 bridgehead atoms. The van der Waals surface area contributed by atoms with Crippen LogP contribution in [-0.4, -0.2) is 52.4 Å². The van der Waals surface area contributed by atoms with Gasteiger partial charge in [-0.2, -0.15) is 0 Å². The van der Waals surface area contributed by atoms with Crippen molar-refractivity contribution in [3.63, 3.8) is 0 Å². The Morgan fingerprint density at radius 1 is 1.07 bits per heavy atom. The Hall–Kier alpha value is -2.95. The number of carbonyl (C=O) groups is 3. The van der Waals surface area contributed by atoms with Crippen LogP contribution in [0.3, 0.4) is 0 Å². The largest absolute Gasteiger partial charge is 0.463 e. The molecule has 1 saturated heterocycles. The molecule has 11 nitrogen and oxygen atoms in total. The van der Waals surface area contributed by atoms with Crippen LogP contribution < -0.4 is 11.2 Å². The van der Waals surface area contributed by atoms with Crippen LogP contribution in [0.15, 0.2) is 15.8 Å². The molecule has 1 aromatic rings. The molecular weight excluding hydrogens is 376 g/mol. The summed E-state index contributed by atoms with van der Waals surface area (Å²) in [5.41, 5.74) is -1.03. The molecule has 0 amide bonds. The number of hydrogen-bond acceptors (Lipinski definition) is 9. The average Bonchev–Trinajstić information content (AvgIpc) is 2.89.